The van der Waals surface area contributed by atoms with Gasteiger partial charge in [-0.15, -0.1) is 0 Å². The Labute approximate surface area is 150 Å². The van der Waals surface area contributed by atoms with E-state index in [-0.39, 0.29) is 16.1 Å². The van der Waals surface area contributed by atoms with Gasteiger partial charge in [-0.2, -0.15) is 4.31 Å². The molecule has 0 aliphatic carbocycles. The van der Waals surface area contributed by atoms with Gasteiger partial charge in [-0.3, -0.25) is 4.79 Å². The summed E-state index contributed by atoms with van der Waals surface area (Å²) in [5, 5.41) is 2.42. The van der Waals surface area contributed by atoms with Crippen LogP contribution >= 0.6 is 0 Å². The number of sulfonamides is 1. The molecule has 0 fully saturated rings. The average Bonchev–Trinajstić information content (AvgIpc) is 2.61. The Hall–Kier alpha value is -2.78. The molecule has 0 saturated carbocycles. The quantitative estimate of drug-likeness (QED) is 0.773. The maximum Gasteiger partial charge on any atom is 0.337 e. The summed E-state index contributed by atoms with van der Waals surface area (Å²) in [6.07, 6.45) is 0. The van der Waals surface area contributed by atoms with E-state index in [0.717, 1.165) is 10.4 Å². The van der Waals surface area contributed by atoms with Crippen LogP contribution in [0, 0.1) is 5.82 Å². The van der Waals surface area contributed by atoms with Crippen molar-refractivity contribution in [1.82, 2.24) is 4.31 Å². The molecule has 0 saturated heterocycles. The lowest BCUT2D eigenvalue weighted by Gasteiger charge is -2.17. The van der Waals surface area contributed by atoms with Crippen molar-refractivity contribution in [2.75, 3.05) is 26.0 Å². The van der Waals surface area contributed by atoms with Gasteiger partial charge in [0.15, 0.2) is 0 Å². The Bertz CT molecular complexity index is 930. The van der Waals surface area contributed by atoms with Crippen molar-refractivity contribution < 1.29 is 27.1 Å². The van der Waals surface area contributed by atoms with Crippen LogP contribution in [0.25, 0.3) is 0 Å². The molecule has 0 aromatic heterocycles. The van der Waals surface area contributed by atoms with E-state index in [2.05, 4.69) is 10.1 Å². The van der Waals surface area contributed by atoms with Crippen molar-refractivity contribution in [2.24, 2.45) is 0 Å². The number of ether oxygens (including phenoxy) is 1. The zero-order chi connectivity index (χ0) is 19.3. The van der Waals surface area contributed by atoms with Crippen LogP contribution in [0.5, 0.6) is 0 Å². The molecule has 2 rings (SSSR count). The largest absolute Gasteiger partial charge is 0.465 e. The number of rotatable bonds is 6. The fourth-order valence-electron chi connectivity index (χ4n) is 2.14. The first-order chi connectivity index (χ1) is 12.2. The van der Waals surface area contributed by atoms with Crippen LogP contribution in [-0.2, 0) is 19.6 Å². The topological polar surface area (TPSA) is 92.8 Å². The zero-order valence-electron chi connectivity index (χ0n) is 14.1. The number of carbonyl (C=O) groups excluding carboxylic acids is 2. The molecule has 0 unspecified atom stereocenters. The van der Waals surface area contributed by atoms with Gasteiger partial charge in [0.25, 0.3) is 0 Å². The number of esters is 1. The van der Waals surface area contributed by atoms with E-state index in [1.54, 1.807) is 0 Å². The van der Waals surface area contributed by atoms with Gasteiger partial charge in [0.1, 0.15) is 5.82 Å². The van der Waals surface area contributed by atoms with E-state index in [1.165, 1.54) is 56.6 Å². The van der Waals surface area contributed by atoms with Crippen molar-refractivity contribution in [2.45, 2.75) is 4.90 Å². The van der Waals surface area contributed by atoms with Crippen molar-refractivity contribution in [1.29, 1.82) is 0 Å². The number of carbonyl (C=O) groups is 2. The van der Waals surface area contributed by atoms with Crippen molar-refractivity contribution >= 4 is 27.6 Å². The first-order valence-electron chi connectivity index (χ1n) is 7.44. The normalized spacial score (nSPS) is 11.2. The maximum atomic E-state index is 13.1. The number of halogens is 1. The van der Waals surface area contributed by atoms with Gasteiger partial charge in [0, 0.05) is 12.7 Å². The third-order valence-corrected chi connectivity index (χ3v) is 5.24. The molecule has 1 N–H and O–H groups in total. The third kappa shape index (κ3) is 4.64. The highest BCUT2D eigenvalue weighted by atomic mass is 32.2. The molecule has 0 bridgehead atoms. The van der Waals surface area contributed by atoms with Crippen molar-refractivity contribution in [3.05, 3.63) is 59.9 Å². The van der Waals surface area contributed by atoms with Crippen LogP contribution in [-0.4, -0.2) is 45.3 Å². The van der Waals surface area contributed by atoms with Gasteiger partial charge < -0.3 is 10.1 Å². The molecule has 0 spiro atoms. The second-order valence-electron chi connectivity index (χ2n) is 5.34. The van der Waals surface area contributed by atoms with Gasteiger partial charge in [-0.1, -0.05) is 12.1 Å². The highest BCUT2D eigenvalue weighted by molar-refractivity contribution is 7.89. The smallest absolute Gasteiger partial charge is 0.337 e. The van der Waals surface area contributed by atoms with E-state index in [1.807, 2.05) is 0 Å². The molecule has 2 aromatic rings. The summed E-state index contributed by atoms with van der Waals surface area (Å²) in [5.41, 5.74) is 0.291. The molecule has 0 aliphatic rings. The molecule has 7 nitrogen and oxygen atoms in total. The molecule has 26 heavy (non-hydrogen) atoms. The minimum Gasteiger partial charge on any atom is -0.465 e. The summed E-state index contributed by atoms with van der Waals surface area (Å²) in [6, 6.07) is 10.5. The first kappa shape index (κ1) is 19.5. The zero-order valence-corrected chi connectivity index (χ0v) is 14.9. The molecule has 0 atom stereocenters. The average molecular weight is 380 g/mol. The molecule has 0 aliphatic heterocycles. The molecule has 0 heterocycles. The molecule has 9 heteroatoms. The molecule has 0 radical (unpaired) electrons. The van der Waals surface area contributed by atoms with Crippen LogP contribution in [0.3, 0.4) is 0 Å². The lowest BCUT2D eigenvalue weighted by Crippen LogP contribution is -2.35. The number of benzene rings is 2. The van der Waals surface area contributed by atoms with E-state index in [4.69, 9.17) is 0 Å². The molecule has 2 aromatic carbocycles. The Morgan fingerprint density at radius 2 is 1.85 bits per heavy atom. The minimum absolute atomic E-state index is 0.0752. The summed E-state index contributed by atoms with van der Waals surface area (Å²) in [4.78, 5) is 23.4. The van der Waals surface area contributed by atoms with Gasteiger partial charge in [0.2, 0.25) is 15.9 Å². The second kappa shape index (κ2) is 8.07. The minimum atomic E-state index is -4.01. The lowest BCUT2D eigenvalue weighted by molar-refractivity contribution is -0.116. The van der Waals surface area contributed by atoms with Crippen molar-refractivity contribution in [3.8, 4) is 0 Å². The number of hydrogen-bond donors (Lipinski definition) is 1. The third-order valence-electron chi connectivity index (χ3n) is 3.44. The number of likely N-dealkylation sites (N-methyl/N-ethyl adjacent to an activating group) is 1. The number of anilines is 1. The van der Waals surface area contributed by atoms with Gasteiger partial charge >= 0.3 is 5.97 Å². The fraction of sp³-hybridized carbons (Fsp3) is 0.176. The summed E-state index contributed by atoms with van der Waals surface area (Å²) in [7, 11) is -1.59. The first-order valence-corrected chi connectivity index (χ1v) is 8.88. The SMILES string of the molecule is COC(=O)c1cccc(S(=O)(=O)N(C)CC(=O)Nc2cccc(F)c2)c1. The van der Waals surface area contributed by atoms with Crippen LogP contribution in [0.2, 0.25) is 0 Å². The monoisotopic (exact) mass is 380 g/mol. The summed E-state index contributed by atoms with van der Waals surface area (Å²) >= 11 is 0. The molecular formula is C17H17FN2O5S. The van der Waals surface area contributed by atoms with Crippen molar-refractivity contribution in [3.63, 3.8) is 0 Å². The maximum absolute atomic E-state index is 13.1. The second-order valence-corrected chi connectivity index (χ2v) is 7.38. The van der Waals surface area contributed by atoms with E-state index < -0.39 is 34.3 Å². The van der Waals surface area contributed by atoms with Gasteiger partial charge in [-0.05, 0) is 36.4 Å². The standard InChI is InChI=1S/C17H17FN2O5S/c1-20(11-16(21)19-14-7-4-6-13(18)10-14)26(23,24)15-8-3-5-12(9-15)17(22)25-2/h3-10H,11H2,1-2H3,(H,19,21). The lowest BCUT2D eigenvalue weighted by atomic mass is 10.2. The highest BCUT2D eigenvalue weighted by Crippen LogP contribution is 2.17. The van der Waals surface area contributed by atoms with E-state index >= 15 is 0 Å². The van der Waals surface area contributed by atoms with Gasteiger partial charge in [0.05, 0.1) is 24.1 Å². The van der Waals surface area contributed by atoms with Crippen LogP contribution in [0.15, 0.2) is 53.4 Å². The Kier molecular flexibility index (Phi) is 6.06. The number of hydrogen-bond acceptors (Lipinski definition) is 5. The van der Waals surface area contributed by atoms with E-state index in [9.17, 15) is 22.4 Å². The Morgan fingerprint density at radius 3 is 2.50 bits per heavy atom. The van der Waals surface area contributed by atoms with Crippen LogP contribution in [0.4, 0.5) is 10.1 Å². The molecule has 138 valence electrons. The number of methoxy groups -OCH3 is 1. The van der Waals surface area contributed by atoms with Crippen LogP contribution < -0.4 is 5.32 Å². The summed E-state index contributed by atoms with van der Waals surface area (Å²) < 4.78 is 43.7. The highest BCUT2D eigenvalue weighted by Gasteiger charge is 2.24. The predicted molar refractivity (Wildman–Crippen MR) is 92.6 cm³/mol. The number of nitrogens with zero attached hydrogens (tertiary/aromatic N) is 1. The van der Waals surface area contributed by atoms with Crippen LogP contribution in [0.1, 0.15) is 10.4 Å². The fourth-order valence-corrected chi connectivity index (χ4v) is 3.31. The number of nitrogens with one attached hydrogen (secondary N) is 1. The summed E-state index contributed by atoms with van der Waals surface area (Å²) in [6.45, 7) is -0.485. The molecule has 1 amide bonds. The predicted octanol–water partition coefficient (Wildman–Crippen LogP) is 1.87. The summed E-state index contributed by atoms with van der Waals surface area (Å²) in [5.74, 6) is -1.83. The van der Waals surface area contributed by atoms with E-state index in [0.29, 0.717) is 0 Å². The Morgan fingerprint density at radius 1 is 1.15 bits per heavy atom. The van der Waals surface area contributed by atoms with Gasteiger partial charge in [-0.25, -0.2) is 17.6 Å². The number of amides is 1. The Balaban J connectivity index is 2.13. The molecular weight excluding hydrogens is 363 g/mol.